The van der Waals surface area contributed by atoms with Crippen LogP contribution in [0.25, 0.3) is 0 Å². The topological polar surface area (TPSA) is 70.4 Å². The van der Waals surface area contributed by atoms with Gasteiger partial charge in [-0.2, -0.15) is 0 Å². The van der Waals surface area contributed by atoms with Crippen LogP contribution in [0.3, 0.4) is 0 Å². The summed E-state index contributed by atoms with van der Waals surface area (Å²) in [6.45, 7) is -0.276. The van der Waals surface area contributed by atoms with Gasteiger partial charge in [-0.1, -0.05) is 18.2 Å². The number of aliphatic hydroxyl groups excluding tert-OH is 1. The number of hydrogen-bond acceptors (Lipinski definition) is 4. The van der Waals surface area contributed by atoms with Crippen LogP contribution in [0.5, 0.6) is 0 Å². The quantitative estimate of drug-likeness (QED) is 0.585. The molecular weight excluding hydrogens is 225 g/mol. The smallest absolute Gasteiger partial charge is 0.338 e. The fourth-order valence-electron chi connectivity index (χ4n) is 1.23. The van der Waals surface area contributed by atoms with E-state index in [-0.39, 0.29) is 13.0 Å². The predicted octanol–water partition coefficient (Wildman–Crippen LogP) is 1.58. The maximum atomic E-state index is 12.7. The number of benzene rings is 1. The first-order chi connectivity index (χ1) is 8.13. The van der Waals surface area contributed by atoms with Gasteiger partial charge in [0.1, 0.15) is 12.8 Å². The molecule has 0 unspecified atom stereocenters. The summed E-state index contributed by atoms with van der Waals surface area (Å²) in [5.74, 6) is -0.560. The monoisotopic (exact) mass is 239 g/mol. The van der Waals surface area contributed by atoms with Crippen LogP contribution in [-0.4, -0.2) is 36.2 Å². The Morgan fingerprint density at radius 1 is 1.47 bits per heavy atom. The summed E-state index contributed by atoms with van der Waals surface area (Å²) in [6, 6.07) is 8.33. The van der Waals surface area contributed by atoms with Gasteiger partial charge in [-0.15, -0.1) is 0 Å². The van der Waals surface area contributed by atoms with E-state index in [1.165, 1.54) is 0 Å². The molecule has 0 saturated heterocycles. The number of carbonyl (C=O) groups excluding carboxylic acids is 1. The van der Waals surface area contributed by atoms with Gasteiger partial charge in [0, 0.05) is 12.6 Å². The molecule has 5 heteroatoms. The van der Waals surface area contributed by atoms with Crippen LogP contribution in [0.1, 0.15) is 16.8 Å². The molecular formula is C12H14FNO3. The Bertz CT molecular complexity index is 369. The van der Waals surface area contributed by atoms with Crippen molar-refractivity contribution in [1.29, 1.82) is 5.41 Å². The minimum atomic E-state index is -1.51. The molecule has 1 aromatic carbocycles. The van der Waals surface area contributed by atoms with Crippen LogP contribution >= 0.6 is 0 Å². The molecule has 17 heavy (non-hydrogen) atoms. The number of rotatable bonds is 6. The van der Waals surface area contributed by atoms with Crippen molar-refractivity contribution in [3.8, 4) is 0 Å². The fourth-order valence-corrected chi connectivity index (χ4v) is 1.23. The van der Waals surface area contributed by atoms with E-state index in [1.54, 1.807) is 30.3 Å². The maximum absolute atomic E-state index is 12.7. The lowest BCUT2D eigenvalue weighted by molar-refractivity contribution is 0.0206. The van der Waals surface area contributed by atoms with Gasteiger partial charge < -0.3 is 15.3 Å². The predicted molar refractivity (Wildman–Crippen MR) is 61.0 cm³/mol. The van der Waals surface area contributed by atoms with Crippen molar-refractivity contribution in [3.05, 3.63) is 35.9 Å². The van der Waals surface area contributed by atoms with Crippen molar-refractivity contribution in [2.45, 2.75) is 18.7 Å². The van der Waals surface area contributed by atoms with Gasteiger partial charge in [-0.25, -0.2) is 9.18 Å². The van der Waals surface area contributed by atoms with Crippen LogP contribution in [-0.2, 0) is 4.74 Å². The Labute approximate surface area is 98.5 Å². The highest BCUT2D eigenvalue weighted by molar-refractivity contribution is 5.89. The Hall–Kier alpha value is -1.75. The number of alkyl halides is 1. The van der Waals surface area contributed by atoms with Gasteiger partial charge in [0.2, 0.25) is 0 Å². The zero-order valence-electron chi connectivity index (χ0n) is 9.17. The van der Waals surface area contributed by atoms with Gasteiger partial charge in [-0.3, -0.25) is 0 Å². The average Bonchev–Trinajstić information content (AvgIpc) is 2.36. The third kappa shape index (κ3) is 4.74. The van der Waals surface area contributed by atoms with E-state index in [1.807, 2.05) is 0 Å². The largest absolute Gasteiger partial charge is 0.459 e. The second-order valence-corrected chi connectivity index (χ2v) is 3.54. The third-order valence-electron chi connectivity index (χ3n) is 2.09. The Morgan fingerprint density at radius 2 is 2.12 bits per heavy atom. The number of ether oxygens (including phenoxy) is 1. The third-order valence-corrected chi connectivity index (χ3v) is 2.09. The van der Waals surface area contributed by atoms with Gasteiger partial charge in [0.15, 0.2) is 0 Å². The zero-order valence-corrected chi connectivity index (χ0v) is 9.17. The Kier molecular flexibility index (Phi) is 5.29. The summed E-state index contributed by atoms with van der Waals surface area (Å²) in [4.78, 5) is 11.4. The summed E-state index contributed by atoms with van der Waals surface area (Å²) < 4.78 is 17.5. The summed E-state index contributed by atoms with van der Waals surface area (Å²) in [6.07, 6.45) is -2.26. The maximum Gasteiger partial charge on any atom is 0.338 e. The van der Waals surface area contributed by atoms with E-state index in [9.17, 15) is 14.3 Å². The highest BCUT2D eigenvalue weighted by atomic mass is 19.1. The van der Waals surface area contributed by atoms with Crippen molar-refractivity contribution in [3.63, 3.8) is 0 Å². The van der Waals surface area contributed by atoms with Crippen molar-refractivity contribution >= 4 is 12.2 Å². The first-order valence-electron chi connectivity index (χ1n) is 5.18. The standard InChI is InChI=1S/C12H14FNO3/c13-10(7-14)6-11(15)8-17-12(16)9-4-2-1-3-5-9/h1-5,7,10-11,14-15H,6,8H2/t10-,11-/m0/s1. The number of aliphatic hydroxyl groups is 1. The summed E-state index contributed by atoms with van der Waals surface area (Å²) in [5, 5.41) is 16.0. The molecule has 92 valence electrons. The highest BCUT2D eigenvalue weighted by Gasteiger charge is 2.14. The molecule has 0 fully saturated rings. The van der Waals surface area contributed by atoms with Crippen molar-refractivity contribution in [1.82, 2.24) is 0 Å². The molecule has 0 aliphatic heterocycles. The molecule has 1 rings (SSSR count). The van der Waals surface area contributed by atoms with Gasteiger partial charge >= 0.3 is 5.97 Å². The van der Waals surface area contributed by atoms with Crippen LogP contribution in [0.4, 0.5) is 4.39 Å². The highest BCUT2D eigenvalue weighted by Crippen LogP contribution is 2.04. The molecule has 0 heterocycles. The van der Waals surface area contributed by atoms with Crippen LogP contribution in [0.2, 0.25) is 0 Å². The minimum absolute atomic E-state index is 0.244. The van der Waals surface area contributed by atoms with E-state index in [0.29, 0.717) is 11.8 Å². The molecule has 0 aliphatic carbocycles. The molecule has 0 amide bonds. The van der Waals surface area contributed by atoms with Crippen molar-refractivity contribution in [2.24, 2.45) is 0 Å². The van der Waals surface area contributed by atoms with Crippen LogP contribution < -0.4 is 0 Å². The number of carbonyl (C=O) groups is 1. The molecule has 1 aromatic rings. The van der Waals surface area contributed by atoms with Crippen LogP contribution in [0, 0.1) is 5.41 Å². The summed E-state index contributed by atoms with van der Waals surface area (Å²) in [5.41, 5.74) is 0.378. The first kappa shape index (κ1) is 13.3. The van der Waals surface area contributed by atoms with Crippen molar-refractivity contribution < 1.29 is 19.0 Å². The Balaban J connectivity index is 2.36. The number of nitrogens with one attached hydrogen (secondary N) is 1. The van der Waals surface area contributed by atoms with E-state index in [2.05, 4.69) is 0 Å². The van der Waals surface area contributed by atoms with Gasteiger partial charge in [0.25, 0.3) is 0 Å². The fraction of sp³-hybridized carbons (Fsp3) is 0.333. The molecule has 0 radical (unpaired) electrons. The minimum Gasteiger partial charge on any atom is -0.459 e. The molecule has 0 bridgehead atoms. The van der Waals surface area contributed by atoms with Crippen molar-refractivity contribution in [2.75, 3.05) is 6.61 Å². The normalized spacial score (nSPS) is 13.8. The number of hydrogen-bond donors (Lipinski definition) is 2. The summed E-state index contributed by atoms with van der Waals surface area (Å²) >= 11 is 0. The molecule has 0 spiro atoms. The van der Waals surface area contributed by atoms with E-state index in [4.69, 9.17) is 10.1 Å². The molecule has 0 saturated carbocycles. The lowest BCUT2D eigenvalue weighted by Gasteiger charge is -2.11. The average molecular weight is 239 g/mol. The second kappa shape index (κ2) is 6.75. The zero-order chi connectivity index (χ0) is 12.7. The SMILES string of the molecule is N=C[C@@H](F)C[C@H](O)COC(=O)c1ccccc1. The number of halogens is 1. The van der Waals surface area contributed by atoms with Gasteiger partial charge in [0.05, 0.1) is 11.7 Å². The molecule has 0 aromatic heterocycles. The van der Waals surface area contributed by atoms with Crippen LogP contribution in [0.15, 0.2) is 30.3 Å². The summed E-state index contributed by atoms with van der Waals surface area (Å²) in [7, 11) is 0. The molecule has 2 N–H and O–H groups in total. The lowest BCUT2D eigenvalue weighted by Crippen LogP contribution is -2.22. The Morgan fingerprint density at radius 3 is 2.71 bits per heavy atom. The van der Waals surface area contributed by atoms with E-state index < -0.39 is 18.2 Å². The van der Waals surface area contributed by atoms with E-state index >= 15 is 0 Å². The van der Waals surface area contributed by atoms with Gasteiger partial charge in [-0.05, 0) is 12.1 Å². The van der Waals surface area contributed by atoms with E-state index in [0.717, 1.165) is 0 Å². The molecule has 2 atom stereocenters. The first-order valence-corrected chi connectivity index (χ1v) is 5.18. The second-order valence-electron chi connectivity index (χ2n) is 3.54. The molecule has 0 aliphatic rings. The lowest BCUT2D eigenvalue weighted by atomic mass is 10.2. The molecule has 4 nitrogen and oxygen atoms in total. The number of esters is 1.